The Kier molecular flexibility index (Phi) is 4.53. The number of carbonyl (C=O) groups is 2. The molecule has 1 atom stereocenters. The first-order chi connectivity index (χ1) is 10.9. The van der Waals surface area contributed by atoms with E-state index in [-0.39, 0.29) is 23.0 Å². The Morgan fingerprint density at radius 2 is 2.09 bits per heavy atom. The summed E-state index contributed by atoms with van der Waals surface area (Å²) in [5, 5.41) is 3.27. The van der Waals surface area contributed by atoms with Gasteiger partial charge in [-0.1, -0.05) is 25.2 Å². The van der Waals surface area contributed by atoms with Crippen molar-refractivity contribution >= 4 is 28.2 Å². The third-order valence-electron chi connectivity index (χ3n) is 4.54. The number of amides is 1. The van der Waals surface area contributed by atoms with Crippen molar-refractivity contribution in [1.29, 1.82) is 0 Å². The lowest BCUT2D eigenvalue weighted by Gasteiger charge is -2.26. The molecule has 3 rings (SSSR count). The van der Waals surface area contributed by atoms with E-state index in [1.165, 1.54) is 11.3 Å². The predicted octanol–water partition coefficient (Wildman–Crippen LogP) is 1.99. The number of thiazole rings is 1. The van der Waals surface area contributed by atoms with Crippen molar-refractivity contribution in [1.82, 2.24) is 4.98 Å². The summed E-state index contributed by atoms with van der Waals surface area (Å²) in [5.74, 6) is 0.0246. The van der Waals surface area contributed by atoms with E-state index in [9.17, 15) is 9.59 Å². The Balaban J connectivity index is 1.69. The molecule has 0 bridgehead atoms. The number of hydrogen-bond donors (Lipinski definition) is 2. The number of fused-ring (bicyclic) bond motifs is 1. The number of ether oxygens (including phenoxy) is 1. The third-order valence-corrected chi connectivity index (χ3v) is 5.60. The van der Waals surface area contributed by atoms with Crippen LogP contribution in [-0.4, -0.2) is 35.9 Å². The van der Waals surface area contributed by atoms with Crippen molar-refractivity contribution < 1.29 is 14.3 Å². The summed E-state index contributed by atoms with van der Waals surface area (Å²) < 4.78 is 5.30. The number of carbonyl (C=O) groups excluding carboxylic acids is 2. The van der Waals surface area contributed by atoms with Gasteiger partial charge in [0.2, 0.25) is 5.91 Å². The van der Waals surface area contributed by atoms with Crippen LogP contribution >= 0.6 is 11.3 Å². The molecule has 2 heterocycles. The van der Waals surface area contributed by atoms with Gasteiger partial charge in [-0.25, -0.2) is 4.98 Å². The van der Waals surface area contributed by atoms with Crippen molar-refractivity contribution in [2.75, 3.05) is 18.5 Å². The quantitative estimate of drug-likeness (QED) is 0.879. The molecule has 1 aliphatic heterocycles. The summed E-state index contributed by atoms with van der Waals surface area (Å²) in [6.07, 6.45) is 2.88. The Morgan fingerprint density at radius 1 is 1.39 bits per heavy atom. The SMILES string of the molecule is CC1(C)CC(=O)c2sc(NC(=O)C(N)C3CCOCC3)nc2C1. The highest BCUT2D eigenvalue weighted by molar-refractivity contribution is 7.17. The topological polar surface area (TPSA) is 94.3 Å². The molecule has 1 unspecified atom stereocenters. The van der Waals surface area contributed by atoms with Crippen LogP contribution in [0.2, 0.25) is 0 Å². The van der Waals surface area contributed by atoms with Gasteiger partial charge >= 0.3 is 0 Å². The molecule has 1 fully saturated rings. The average Bonchev–Trinajstić information content (AvgIpc) is 2.88. The monoisotopic (exact) mass is 337 g/mol. The van der Waals surface area contributed by atoms with E-state index in [1.807, 2.05) is 0 Å². The van der Waals surface area contributed by atoms with Crippen LogP contribution in [0.5, 0.6) is 0 Å². The van der Waals surface area contributed by atoms with Crippen LogP contribution in [0, 0.1) is 11.3 Å². The van der Waals surface area contributed by atoms with Gasteiger partial charge in [0.15, 0.2) is 10.9 Å². The van der Waals surface area contributed by atoms with Crippen LogP contribution in [-0.2, 0) is 16.0 Å². The first-order valence-corrected chi connectivity index (χ1v) is 8.84. The smallest absolute Gasteiger partial charge is 0.243 e. The second-order valence-corrected chi connectivity index (χ2v) is 8.20. The molecule has 0 saturated carbocycles. The highest BCUT2D eigenvalue weighted by atomic mass is 32.1. The fraction of sp³-hybridized carbons (Fsp3) is 0.688. The largest absolute Gasteiger partial charge is 0.381 e. The second kappa shape index (κ2) is 6.30. The number of anilines is 1. The van der Waals surface area contributed by atoms with Crippen LogP contribution in [0.3, 0.4) is 0 Å². The number of rotatable bonds is 3. The fourth-order valence-corrected chi connectivity index (χ4v) is 4.17. The van der Waals surface area contributed by atoms with Gasteiger partial charge in [0.1, 0.15) is 0 Å². The molecule has 6 nitrogen and oxygen atoms in total. The lowest BCUT2D eigenvalue weighted by Crippen LogP contribution is -2.44. The first kappa shape index (κ1) is 16.5. The molecule has 1 aliphatic carbocycles. The zero-order valence-electron chi connectivity index (χ0n) is 13.6. The predicted molar refractivity (Wildman–Crippen MR) is 88.7 cm³/mol. The molecular weight excluding hydrogens is 314 g/mol. The number of hydrogen-bond acceptors (Lipinski definition) is 6. The molecule has 23 heavy (non-hydrogen) atoms. The Labute approximate surface area is 139 Å². The lowest BCUT2D eigenvalue weighted by atomic mass is 9.78. The van der Waals surface area contributed by atoms with Crippen LogP contribution in [0.1, 0.15) is 48.5 Å². The number of Topliss-reactive ketones (excluding diaryl/α,β-unsaturated/α-hetero) is 1. The fourth-order valence-electron chi connectivity index (χ4n) is 3.25. The minimum absolute atomic E-state index is 0.0715. The summed E-state index contributed by atoms with van der Waals surface area (Å²) in [4.78, 5) is 29.7. The van der Waals surface area contributed by atoms with Crippen LogP contribution < -0.4 is 11.1 Å². The van der Waals surface area contributed by atoms with Gasteiger partial charge in [0.05, 0.1) is 16.6 Å². The third kappa shape index (κ3) is 3.62. The Morgan fingerprint density at radius 3 is 2.78 bits per heavy atom. The lowest BCUT2D eigenvalue weighted by molar-refractivity contribution is -0.119. The molecule has 2 aliphatic rings. The highest BCUT2D eigenvalue weighted by Crippen LogP contribution is 2.38. The van der Waals surface area contributed by atoms with E-state index in [1.54, 1.807) is 0 Å². The van der Waals surface area contributed by atoms with Crippen LogP contribution in [0.4, 0.5) is 5.13 Å². The second-order valence-electron chi connectivity index (χ2n) is 7.20. The molecule has 0 radical (unpaired) electrons. The number of nitrogens with zero attached hydrogens (tertiary/aromatic N) is 1. The van der Waals surface area contributed by atoms with E-state index < -0.39 is 6.04 Å². The molecule has 1 aromatic rings. The maximum atomic E-state index is 12.3. The minimum Gasteiger partial charge on any atom is -0.381 e. The molecule has 1 amide bonds. The molecule has 1 saturated heterocycles. The highest BCUT2D eigenvalue weighted by Gasteiger charge is 2.34. The maximum Gasteiger partial charge on any atom is 0.243 e. The van der Waals surface area contributed by atoms with Gasteiger partial charge in [-0.05, 0) is 30.6 Å². The summed E-state index contributed by atoms with van der Waals surface area (Å²) in [7, 11) is 0. The molecule has 7 heteroatoms. The van der Waals surface area contributed by atoms with Crippen LogP contribution in [0.25, 0.3) is 0 Å². The molecule has 126 valence electrons. The number of nitrogens with one attached hydrogen (secondary N) is 1. The van der Waals surface area contributed by atoms with Gasteiger partial charge in [0.25, 0.3) is 0 Å². The van der Waals surface area contributed by atoms with Crippen LogP contribution in [0.15, 0.2) is 0 Å². The summed E-state index contributed by atoms with van der Waals surface area (Å²) in [6.45, 7) is 5.43. The van der Waals surface area contributed by atoms with Crippen molar-refractivity contribution in [2.45, 2.75) is 45.6 Å². The summed E-state index contributed by atoms with van der Waals surface area (Å²) >= 11 is 1.26. The van der Waals surface area contributed by atoms with E-state index in [2.05, 4.69) is 24.1 Å². The molecule has 3 N–H and O–H groups in total. The van der Waals surface area contributed by atoms with Crippen molar-refractivity contribution in [3.05, 3.63) is 10.6 Å². The molecule has 1 aromatic heterocycles. The molecule has 0 spiro atoms. The zero-order valence-corrected chi connectivity index (χ0v) is 14.4. The standard InChI is InChI=1S/C16H23N3O3S/c1-16(2)7-10-13(11(20)8-16)23-15(18-10)19-14(21)12(17)9-3-5-22-6-4-9/h9,12H,3-8,17H2,1-2H3,(H,18,19,21). The Hall–Kier alpha value is -1.31. The van der Waals surface area contributed by atoms with E-state index in [4.69, 9.17) is 10.5 Å². The van der Waals surface area contributed by atoms with Gasteiger partial charge in [0, 0.05) is 19.6 Å². The normalized spacial score (nSPS) is 22.5. The molecule has 0 aromatic carbocycles. The average molecular weight is 337 g/mol. The van der Waals surface area contributed by atoms with E-state index >= 15 is 0 Å². The van der Waals surface area contributed by atoms with Crippen molar-refractivity contribution in [3.63, 3.8) is 0 Å². The van der Waals surface area contributed by atoms with Gasteiger partial charge in [-0.3, -0.25) is 9.59 Å². The summed E-state index contributed by atoms with van der Waals surface area (Å²) in [5.41, 5.74) is 6.80. The van der Waals surface area contributed by atoms with Crippen molar-refractivity contribution in [2.24, 2.45) is 17.1 Å². The zero-order chi connectivity index (χ0) is 16.6. The number of aromatic nitrogens is 1. The number of ketones is 1. The van der Waals surface area contributed by atoms with Gasteiger partial charge in [-0.2, -0.15) is 0 Å². The van der Waals surface area contributed by atoms with Gasteiger partial charge in [-0.15, -0.1) is 0 Å². The summed E-state index contributed by atoms with van der Waals surface area (Å²) in [6, 6.07) is -0.563. The van der Waals surface area contributed by atoms with E-state index in [0.717, 1.165) is 25.0 Å². The minimum atomic E-state index is -0.563. The Bertz CT molecular complexity index is 620. The first-order valence-electron chi connectivity index (χ1n) is 8.03. The van der Waals surface area contributed by atoms with Crippen molar-refractivity contribution in [3.8, 4) is 0 Å². The number of nitrogens with two attached hydrogens (primary N) is 1. The van der Waals surface area contributed by atoms with Gasteiger partial charge < -0.3 is 15.8 Å². The maximum absolute atomic E-state index is 12.3. The molecular formula is C16H23N3O3S. The van der Waals surface area contributed by atoms with E-state index in [0.29, 0.717) is 29.6 Å².